The molecule has 3 N–H and O–H groups in total. The number of likely N-dealkylation sites (tertiary alicyclic amines) is 1. The number of hydrogen-bond donors (Lipinski definition) is 3. The third-order valence-electron chi connectivity index (χ3n) is 6.08. The molecule has 1 amide bonds. The van der Waals surface area contributed by atoms with Gasteiger partial charge in [0, 0.05) is 13.1 Å². The van der Waals surface area contributed by atoms with E-state index >= 15 is 0 Å². The molecule has 4 rings (SSSR count). The Hall–Kier alpha value is -4.35. The van der Waals surface area contributed by atoms with Crippen LogP contribution < -0.4 is 20.7 Å². The fraction of sp³-hybridized carbons (Fsp3) is 0.276. The summed E-state index contributed by atoms with van der Waals surface area (Å²) < 4.78 is 5.84. The number of guanidine groups is 1. The molecule has 0 radical (unpaired) electrons. The topological polar surface area (TPSA) is 102 Å². The molecular weight excluding hydrogens is 464 g/mol. The van der Waals surface area contributed by atoms with E-state index in [0.717, 1.165) is 30.9 Å². The SMILES string of the molecule is N#CN/C(=N/c1ccc(Oc2ccccc2)cc1)NC(CC(=O)NCCN1CCCC1)c1ccccc1. The quantitative estimate of drug-likeness (QED) is 0.166. The molecule has 190 valence electrons. The molecule has 1 saturated heterocycles. The first kappa shape index (κ1) is 25.7. The number of rotatable bonds is 10. The van der Waals surface area contributed by atoms with Crippen LogP contribution in [0.5, 0.6) is 11.5 Å². The zero-order chi connectivity index (χ0) is 25.7. The van der Waals surface area contributed by atoms with Gasteiger partial charge in [-0.1, -0.05) is 48.5 Å². The lowest BCUT2D eigenvalue weighted by molar-refractivity contribution is -0.121. The number of nitriles is 1. The van der Waals surface area contributed by atoms with E-state index in [0.29, 0.717) is 18.0 Å². The number of nitrogens with one attached hydrogen (secondary N) is 3. The van der Waals surface area contributed by atoms with Gasteiger partial charge in [0.15, 0.2) is 6.19 Å². The van der Waals surface area contributed by atoms with Crippen molar-refractivity contribution in [3.05, 3.63) is 90.5 Å². The third-order valence-corrected chi connectivity index (χ3v) is 6.08. The van der Waals surface area contributed by atoms with E-state index < -0.39 is 0 Å². The molecule has 0 saturated carbocycles. The number of amides is 1. The molecule has 1 aliphatic rings. The number of aliphatic imine (C=N–C) groups is 1. The van der Waals surface area contributed by atoms with Crippen LogP contribution in [0.25, 0.3) is 0 Å². The van der Waals surface area contributed by atoms with Gasteiger partial charge in [0.1, 0.15) is 11.5 Å². The van der Waals surface area contributed by atoms with E-state index in [-0.39, 0.29) is 24.3 Å². The number of para-hydroxylation sites is 1. The van der Waals surface area contributed by atoms with Crippen molar-refractivity contribution in [1.29, 1.82) is 5.26 Å². The molecule has 0 spiro atoms. The average Bonchev–Trinajstić information content (AvgIpc) is 3.44. The summed E-state index contributed by atoms with van der Waals surface area (Å²) in [6, 6.07) is 26.1. The molecule has 1 unspecified atom stereocenters. The van der Waals surface area contributed by atoms with Crippen LogP contribution in [-0.4, -0.2) is 42.9 Å². The van der Waals surface area contributed by atoms with Crippen molar-refractivity contribution < 1.29 is 9.53 Å². The fourth-order valence-corrected chi connectivity index (χ4v) is 4.21. The first-order valence-corrected chi connectivity index (χ1v) is 12.6. The van der Waals surface area contributed by atoms with Gasteiger partial charge in [-0.3, -0.25) is 10.1 Å². The summed E-state index contributed by atoms with van der Waals surface area (Å²) in [7, 11) is 0. The van der Waals surface area contributed by atoms with Crippen molar-refractivity contribution in [2.75, 3.05) is 26.2 Å². The number of carbonyl (C=O) groups excluding carboxylic acids is 1. The third kappa shape index (κ3) is 8.37. The van der Waals surface area contributed by atoms with Crippen LogP contribution in [-0.2, 0) is 4.79 Å². The number of hydrogen-bond acceptors (Lipinski definition) is 5. The molecule has 1 aliphatic heterocycles. The summed E-state index contributed by atoms with van der Waals surface area (Å²) in [5, 5.41) is 18.2. The molecule has 0 bridgehead atoms. The van der Waals surface area contributed by atoms with Gasteiger partial charge in [0.25, 0.3) is 0 Å². The fourth-order valence-electron chi connectivity index (χ4n) is 4.21. The van der Waals surface area contributed by atoms with E-state index in [1.165, 1.54) is 12.8 Å². The smallest absolute Gasteiger partial charge is 0.222 e. The zero-order valence-electron chi connectivity index (χ0n) is 20.8. The summed E-state index contributed by atoms with van der Waals surface area (Å²) in [4.78, 5) is 19.7. The van der Waals surface area contributed by atoms with Crippen molar-refractivity contribution in [2.24, 2.45) is 4.99 Å². The van der Waals surface area contributed by atoms with Crippen LogP contribution in [0.1, 0.15) is 30.9 Å². The maximum atomic E-state index is 12.8. The van der Waals surface area contributed by atoms with Crippen molar-refractivity contribution in [2.45, 2.75) is 25.3 Å². The summed E-state index contributed by atoms with van der Waals surface area (Å²) >= 11 is 0. The average molecular weight is 497 g/mol. The minimum absolute atomic E-state index is 0.0562. The van der Waals surface area contributed by atoms with Gasteiger partial charge in [0.2, 0.25) is 11.9 Å². The summed E-state index contributed by atoms with van der Waals surface area (Å²) in [5.41, 5.74) is 1.56. The van der Waals surface area contributed by atoms with Crippen molar-refractivity contribution in [1.82, 2.24) is 20.9 Å². The Morgan fingerprint density at radius 1 is 0.946 bits per heavy atom. The van der Waals surface area contributed by atoms with Gasteiger partial charge in [-0.05, 0) is 67.9 Å². The normalized spacial score (nSPS) is 14.4. The van der Waals surface area contributed by atoms with Crippen LogP contribution in [0.2, 0.25) is 0 Å². The van der Waals surface area contributed by atoms with Crippen molar-refractivity contribution in [3.63, 3.8) is 0 Å². The van der Waals surface area contributed by atoms with E-state index in [1.807, 2.05) is 91.1 Å². The highest BCUT2D eigenvalue weighted by Crippen LogP contribution is 2.24. The molecule has 8 nitrogen and oxygen atoms in total. The second-order valence-corrected chi connectivity index (χ2v) is 8.82. The lowest BCUT2D eigenvalue weighted by Gasteiger charge is -2.21. The lowest BCUT2D eigenvalue weighted by atomic mass is 10.0. The Kier molecular flexibility index (Phi) is 9.50. The Balaban J connectivity index is 1.42. The standard InChI is InChI=1S/C29H32N6O2/c30-22-32-29(33-24-13-15-26(16-14-24)37-25-11-5-2-6-12-25)34-27(23-9-3-1-4-10-23)21-28(36)31-17-20-35-18-7-8-19-35/h1-6,9-16,27H,7-8,17-21H2,(H,31,36)(H2,32,33,34). The second-order valence-electron chi connectivity index (χ2n) is 8.82. The predicted molar refractivity (Wildman–Crippen MR) is 144 cm³/mol. The molecule has 3 aromatic carbocycles. The van der Waals surface area contributed by atoms with E-state index in [1.54, 1.807) is 0 Å². The Labute approximate surface area is 218 Å². The molecule has 1 heterocycles. The Bertz CT molecular complexity index is 1190. The van der Waals surface area contributed by atoms with Gasteiger partial charge in [-0.25, -0.2) is 4.99 Å². The Morgan fingerprint density at radius 3 is 2.27 bits per heavy atom. The van der Waals surface area contributed by atoms with Gasteiger partial charge in [-0.15, -0.1) is 0 Å². The molecule has 37 heavy (non-hydrogen) atoms. The largest absolute Gasteiger partial charge is 0.457 e. The number of ether oxygens (including phenoxy) is 1. The van der Waals surface area contributed by atoms with Gasteiger partial charge in [0.05, 0.1) is 18.2 Å². The molecule has 3 aromatic rings. The van der Waals surface area contributed by atoms with E-state index in [2.05, 4.69) is 25.8 Å². The van der Waals surface area contributed by atoms with Crippen LogP contribution >= 0.6 is 0 Å². The first-order valence-electron chi connectivity index (χ1n) is 12.6. The molecule has 1 atom stereocenters. The van der Waals surface area contributed by atoms with E-state index in [4.69, 9.17) is 4.74 Å². The van der Waals surface area contributed by atoms with Crippen molar-refractivity contribution in [3.8, 4) is 17.7 Å². The molecule has 0 aromatic heterocycles. The summed E-state index contributed by atoms with van der Waals surface area (Å²) in [6.07, 6.45) is 4.60. The maximum absolute atomic E-state index is 12.8. The molecular formula is C29H32N6O2. The highest BCUT2D eigenvalue weighted by molar-refractivity contribution is 5.85. The first-order chi connectivity index (χ1) is 18.2. The summed E-state index contributed by atoms with van der Waals surface area (Å²) in [6.45, 7) is 3.68. The predicted octanol–water partition coefficient (Wildman–Crippen LogP) is 4.47. The van der Waals surface area contributed by atoms with E-state index in [9.17, 15) is 10.1 Å². The second kappa shape index (κ2) is 13.7. The highest BCUT2D eigenvalue weighted by atomic mass is 16.5. The lowest BCUT2D eigenvalue weighted by Crippen LogP contribution is -2.40. The molecule has 8 heteroatoms. The molecule has 1 fully saturated rings. The van der Waals surface area contributed by atoms with Crippen molar-refractivity contribution >= 4 is 17.6 Å². The van der Waals surface area contributed by atoms with Crippen LogP contribution in [0.4, 0.5) is 5.69 Å². The number of nitrogens with zero attached hydrogens (tertiary/aromatic N) is 3. The van der Waals surface area contributed by atoms with Crippen LogP contribution in [0, 0.1) is 11.5 Å². The minimum atomic E-state index is -0.367. The van der Waals surface area contributed by atoms with Crippen LogP contribution in [0.15, 0.2) is 89.9 Å². The van der Waals surface area contributed by atoms with Crippen LogP contribution in [0.3, 0.4) is 0 Å². The number of carbonyl (C=O) groups is 1. The van der Waals surface area contributed by atoms with Gasteiger partial charge >= 0.3 is 0 Å². The zero-order valence-corrected chi connectivity index (χ0v) is 20.8. The minimum Gasteiger partial charge on any atom is -0.457 e. The summed E-state index contributed by atoms with van der Waals surface area (Å²) in [5.74, 6) is 1.63. The maximum Gasteiger partial charge on any atom is 0.222 e. The molecule has 0 aliphatic carbocycles. The monoisotopic (exact) mass is 496 g/mol. The Morgan fingerprint density at radius 2 is 1.59 bits per heavy atom. The van der Waals surface area contributed by atoms with Gasteiger partial charge < -0.3 is 20.3 Å². The van der Waals surface area contributed by atoms with Gasteiger partial charge in [-0.2, -0.15) is 5.26 Å². The number of benzene rings is 3. The highest BCUT2D eigenvalue weighted by Gasteiger charge is 2.18.